The van der Waals surface area contributed by atoms with Gasteiger partial charge in [0.2, 0.25) is 5.96 Å². The van der Waals surface area contributed by atoms with E-state index in [-0.39, 0.29) is 5.96 Å². The average Bonchev–Trinajstić information content (AvgIpc) is 3.22. The first-order chi connectivity index (χ1) is 13.5. The van der Waals surface area contributed by atoms with Crippen LogP contribution in [-0.2, 0) is 6.42 Å². The highest BCUT2D eigenvalue weighted by molar-refractivity contribution is 7.19. The van der Waals surface area contributed by atoms with Crippen LogP contribution in [0.4, 0.5) is 0 Å². The van der Waals surface area contributed by atoms with Crippen molar-refractivity contribution in [1.82, 2.24) is 0 Å². The van der Waals surface area contributed by atoms with E-state index in [0.29, 0.717) is 5.71 Å². The topological polar surface area (TPSA) is 114 Å². The summed E-state index contributed by atoms with van der Waals surface area (Å²) in [5.74, 6) is 0.848. The lowest BCUT2D eigenvalue weighted by atomic mass is 10.1. The molecule has 4 aromatic rings. The smallest absolute Gasteiger partial charge is 0.211 e. The van der Waals surface area contributed by atoms with Crippen LogP contribution in [0.5, 0.6) is 0 Å². The summed E-state index contributed by atoms with van der Waals surface area (Å²) in [6.07, 6.45) is 2.35. The summed E-state index contributed by atoms with van der Waals surface area (Å²) in [6, 6.07) is 16.2. The molecule has 0 fully saturated rings. The number of fused-ring (bicyclic) bond motifs is 2. The number of benzene rings is 2. The molecule has 140 valence electrons. The van der Waals surface area contributed by atoms with Crippen LogP contribution < -0.4 is 11.5 Å². The average molecular weight is 389 g/mol. The van der Waals surface area contributed by atoms with Crippen molar-refractivity contribution in [3.8, 4) is 0 Å². The van der Waals surface area contributed by atoms with Crippen molar-refractivity contribution < 1.29 is 4.42 Å². The number of rotatable bonds is 5. The molecule has 0 aliphatic rings. The zero-order valence-corrected chi connectivity index (χ0v) is 16.1. The largest absolute Gasteiger partial charge is 0.461 e. The molecule has 0 spiro atoms. The Morgan fingerprint density at radius 3 is 2.75 bits per heavy atom. The van der Waals surface area contributed by atoms with E-state index in [2.05, 4.69) is 34.5 Å². The molecule has 28 heavy (non-hydrogen) atoms. The number of furan rings is 1. The molecule has 5 N–H and O–H groups in total. The third-order valence-electron chi connectivity index (χ3n) is 4.32. The van der Waals surface area contributed by atoms with Crippen LogP contribution in [-0.4, -0.2) is 17.9 Å². The highest BCUT2D eigenvalue weighted by Gasteiger charge is 2.09. The summed E-state index contributed by atoms with van der Waals surface area (Å²) in [5, 5.41) is 17.5. The standard InChI is InChI=1S/C21H19N5OS/c1-12(22)14-4-5-19-16(7-14)8-17(27-19)10-18-9-15-3-2-13(6-20(15)28-18)11-25-26-21(23)24/h2-9,11,22H,10H2,1H3,(H4,23,24,26)/b22-12?,25-11-. The van der Waals surface area contributed by atoms with Gasteiger partial charge in [-0.25, -0.2) is 0 Å². The molecule has 0 saturated heterocycles. The van der Waals surface area contributed by atoms with Gasteiger partial charge in [-0.3, -0.25) is 0 Å². The van der Waals surface area contributed by atoms with Gasteiger partial charge in [0.15, 0.2) is 0 Å². The quantitative estimate of drug-likeness (QED) is 0.269. The fraction of sp³-hybridized carbons (Fsp3) is 0.0952. The van der Waals surface area contributed by atoms with E-state index in [1.54, 1.807) is 24.5 Å². The van der Waals surface area contributed by atoms with Crippen LogP contribution in [0.25, 0.3) is 21.1 Å². The first-order valence-corrected chi connectivity index (χ1v) is 9.52. The van der Waals surface area contributed by atoms with Gasteiger partial charge >= 0.3 is 0 Å². The van der Waals surface area contributed by atoms with Crippen LogP contribution in [0.2, 0.25) is 0 Å². The molecule has 7 heteroatoms. The second-order valence-electron chi connectivity index (χ2n) is 6.55. The zero-order chi connectivity index (χ0) is 19.7. The van der Waals surface area contributed by atoms with Gasteiger partial charge in [-0.15, -0.1) is 16.4 Å². The van der Waals surface area contributed by atoms with Gasteiger partial charge in [0.1, 0.15) is 11.3 Å². The minimum Gasteiger partial charge on any atom is -0.461 e. The number of guanidine groups is 1. The third kappa shape index (κ3) is 3.79. The van der Waals surface area contributed by atoms with Gasteiger partial charge in [0, 0.05) is 27.1 Å². The number of nitrogens with two attached hydrogens (primary N) is 2. The zero-order valence-electron chi connectivity index (χ0n) is 15.3. The third-order valence-corrected chi connectivity index (χ3v) is 5.42. The SMILES string of the molecule is CC(=N)c1ccc2oc(Cc3cc4ccc(/C=N\N=C(N)N)cc4s3)cc2c1. The van der Waals surface area contributed by atoms with Crippen LogP contribution in [0.15, 0.2) is 63.2 Å². The fourth-order valence-corrected chi connectivity index (χ4v) is 4.15. The molecular formula is C21H19N5OS. The summed E-state index contributed by atoms with van der Waals surface area (Å²) in [4.78, 5) is 1.22. The van der Waals surface area contributed by atoms with E-state index >= 15 is 0 Å². The van der Waals surface area contributed by atoms with Gasteiger partial charge in [0.25, 0.3) is 0 Å². The van der Waals surface area contributed by atoms with E-state index in [0.717, 1.165) is 34.3 Å². The minimum absolute atomic E-state index is 0.0653. The van der Waals surface area contributed by atoms with Crippen molar-refractivity contribution in [1.29, 1.82) is 5.41 Å². The molecule has 0 bridgehead atoms. The predicted octanol–water partition coefficient (Wildman–Crippen LogP) is 4.23. The second-order valence-corrected chi connectivity index (χ2v) is 7.71. The maximum Gasteiger partial charge on any atom is 0.211 e. The van der Waals surface area contributed by atoms with Crippen molar-refractivity contribution in [2.75, 3.05) is 0 Å². The van der Waals surface area contributed by atoms with Crippen LogP contribution >= 0.6 is 11.3 Å². The number of thiophene rings is 1. The molecule has 0 atom stereocenters. The van der Waals surface area contributed by atoms with Crippen LogP contribution in [0.3, 0.4) is 0 Å². The lowest BCUT2D eigenvalue weighted by Gasteiger charge is -1.96. The molecular weight excluding hydrogens is 370 g/mol. The second kappa shape index (κ2) is 7.28. The lowest BCUT2D eigenvalue weighted by Crippen LogP contribution is -2.21. The summed E-state index contributed by atoms with van der Waals surface area (Å²) >= 11 is 1.72. The molecule has 2 aromatic heterocycles. The van der Waals surface area contributed by atoms with E-state index < -0.39 is 0 Å². The number of hydrogen-bond acceptors (Lipinski definition) is 5. The molecule has 0 saturated carbocycles. The summed E-state index contributed by atoms with van der Waals surface area (Å²) in [7, 11) is 0. The normalized spacial score (nSPS) is 11.5. The van der Waals surface area contributed by atoms with Gasteiger partial charge in [-0.2, -0.15) is 5.10 Å². The predicted molar refractivity (Wildman–Crippen MR) is 117 cm³/mol. The van der Waals surface area contributed by atoms with Gasteiger partial charge in [-0.05, 0) is 59.8 Å². The summed E-state index contributed by atoms with van der Waals surface area (Å²) < 4.78 is 7.15. The maximum absolute atomic E-state index is 7.78. The number of nitrogens with zero attached hydrogens (tertiary/aromatic N) is 2. The molecule has 2 aromatic carbocycles. The first-order valence-electron chi connectivity index (χ1n) is 8.70. The summed E-state index contributed by atoms with van der Waals surface area (Å²) in [6.45, 7) is 1.79. The fourth-order valence-electron chi connectivity index (χ4n) is 3.02. The summed E-state index contributed by atoms with van der Waals surface area (Å²) in [5.41, 5.74) is 13.8. The van der Waals surface area contributed by atoms with Crippen molar-refractivity contribution in [3.05, 3.63) is 70.3 Å². The van der Waals surface area contributed by atoms with Gasteiger partial charge < -0.3 is 21.3 Å². The highest BCUT2D eigenvalue weighted by atomic mass is 32.1. The Morgan fingerprint density at radius 1 is 1.11 bits per heavy atom. The number of hydrogen-bond donors (Lipinski definition) is 3. The van der Waals surface area contributed by atoms with Crippen molar-refractivity contribution >= 4 is 50.3 Å². The molecule has 4 rings (SSSR count). The Kier molecular flexibility index (Phi) is 4.67. The Hall–Kier alpha value is -3.45. The van der Waals surface area contributed by atoms with Gasteiger partial charge in [0.05, 0.1) is 6.21 Å². The maximum atomic E-state index is 7.78. The Morgan fingerprint density at radius 2 is 1.96 bits per heavy atom. The molecule has 0 aliphatic carbocycles. The Balaban J connectivity index is 1.59. The number of nitrogens with one attached hydrogen (secondary N) is 1. The van der Waals surface area contributed by atoms with Crippen molar-refractivity contribution in [3.63, 3.8) is 0 Å². The molecule has 0 aliphatic heterocycles. The lowest BCUT2D eigenvalue weighted by molar-refractivity contribution is 0.564. The minimum atomic E-state index is -0.0653. The molecule has 0 amide bonds. The van der Waals surface area contributed by atoms with Crippen molar-refractivity contribution in [2.24, 2.45) is 21.7 Å². The van der Waals surface area contributed by atoms with Crippen LogP contribution in [0.1, 0.15) is 28.7 Å². The monoisotopic (exact) mass is 389 g/mol. The van der Waals surface area contributed by atoms with E-state index in [1.165, 1.54) is 15.0 Å². The highest BCUT2D eigenvalue weighted by Crippen LogP contribution is 2.30. The first kappa shape index (κ1) is 17.9. The van der Waals surface area contributed by atoms with E-state index in [4.69, 9.17) is 21.3 Å². The molecule has 0 unspecified atom stereocenters. The van der Waals surface area contributed by atoms with Crippen molar-refractivity contribution in [2.45, 2.75) is 13.3 Å². The molecule has 0 radical (unpaired) electrons. The molecule has 2 heterocycles. The van der Waals surface area contributed by atoms with E-state index in [1.807, 2.05) is 24.3 Å². The van der Waals surface area contributed by atoms with Gasteiger partial charge in [-0.1, -0.05) is 12.1 Å². The van der Waals surface area contributed by atoms with E-state index in [9.17, 15) is 0 Å². The Labute approximate surface area is 165 Å². The molecule has 6 nitrogen and oxygen atoms in total. The Bertz CT molecular complexity index is 1240. The van der Waals surface area contributed by atoms with Crippen LogP contribution in [0, 0.1) is 5.41 Å².